The molecule has 0 atom stereocenters. The molecule has 72 valence electrons. The second-order valence-corrected chi connectivity index (χ2v) is 2.42. The third kappa shape index (κ3) is 2.48. The number of aldehydes is 1. The van der Waals surface area contributed by atoms with Crippen molar-refractivity contribution in [1.82, 2.24) is 4.98 Å². The van der Waals surface area contributed by atoms with E-state index in [0.717, 1.165) is 12.3 Å². The van der Waals surface area contributed by atoms with Gasteiger partial charge in [-0.15, -0.1) is 0 Å². The van der Waals surface area contributed by atoms with Crippen LogP contribution in [0.4, 0.5) is 4.39 Å². The average Bonchev–Trinajstić information content (AvgIpc) is 2.16. The van der Waals surface area contributed by atoms with E-state index in [1.54, 1.807) is 0 Å². The molecule has 0 aliphatic heterocycles. The predicted octanol–water partition coefficient (Wildman–Crippen LogP) is 1.13. The summed E-state index contributed by atoms with van der Waals surface area (Å²) in [4.78, 5) is 24.0. The molecule has 14 heavy (non-hydrogen) atoms. The maximum Gasteiger partial charge on any atom is 0.328 e. The second-order valence-electron chi connectivity index (χ2n) is 2.42. The van der Waals surface area contributed by atoms with Crippen LogP contribution in [-0.4, -0.2) is 22.3 Å². The molecule has 0 aliphatic rings. The summed E-state index contributed by atoms with van der Waals surface area (Å²) in [6.07, 6.45) is 3.24. The van der Waals surface area contributed by atoms with Crippen LogP contribution >= 0.6 is 0 Å². The first-order chi connectivity index (χ1) is 6.63. The fourth-order valence-electron chi connectivity index (χ4n) is 0.809. The molecule has 4 nitrogen and oxygen atoms in total. The quantitative estimate of drug-likeness (QED) is 0.579. The number of pyridine rings is 1. The van der Waals surface area contributed by atoms with E-state index in [0.29, 0.717) is 6.29 Å². The van der Waals surface area contributed by atoms with E-state index in [4.69, 9.17) is 5.11 Å². The van der Waals surface area contributed by atoms with Gasteiger partial charge in [0.1, 0.15) is 0 Å². The normalized spacial score (nSPS) is 10.4. The Labute approximate surface area is 78.7 Å². The lowest BCUT2D eigenvalue weighted by Crippen LogP contribution is -1.92. The van der Waals surface area contributed by atoms with Crippen LogP contribution in [0.1, 0.15) is 16.1 Å². The first-order valence-corrected chi connectivity index (χ1v) is 3.65. The minimum Gasteiger partial charge on any atom is -0.478 e. The van der Waals surface area contributed by atoms with E-state index in [9.17, 15) is 14.0 Å². The highest BCUT2D eigenvalue weighted by Gasteiger charge is 2.01. The molecule has 1 N–H and O–H groups in total. The second kappa shape index (κ2) is 4.27. The summed E-state index contributed by atoms with van der Waals surface area (Å²) in [6, 6.07) is 1.17. The van der Waals surface area contributed by atoms with E-state index in [-0.39, 0.29) is 11.3 Å². The molecule has 1 heterocycles. The van der Waals surface area contributed by atoms with E-state index in [1.165, 1.54) is 12.1 Å². The lowest BCUT2D eigenvalue weighted by atomic mass is 10.2. The maximum atomic E-state index is 12.7. The number of carboxylic acids is 1. The number of carbonyl (C=O) groups excluding carboxylic acids is 1. The monoisotopic (exact) mass is 195 g/mol. The van der Waals surface area contributed by atoms with Crippen LogP contribution in [0, 0.1) is 5.82 Å². The van der Waals surface area contributed by atoms with Crippen LogP contribution in [-0.2, 0) is 4.79 Å². The van der Waals surface area contributed by atoms with Crippen molar-refractivity contribution in [3.05, 3.63) is 35.4 Å². The van der Waals surface area contributed by atoms with Gasteiger partial charge in [0.25, 0.3) is 0 Å². The Morgan fingerprint density at radius 1 is 1.57 bits per heavy atom. The van der Waals surface area contributed by atoms with Crippen LogP contribution < -0.4 is 0 Å². The van der Waals surface area contributed by atoms with Gasteiger partial charge in [0.2, 0.25) is 0 Å². The molecule has 0 saturated heterocycles. The van der Waals surface area contributed by atoms with Crippen molar-refractivity contribution in [2.75, 3.05) is 0 Å². The molecule has 1 aromatic heterocycles. The molecule has 0 fully saturated rings. The highest BCUT2D eigenvalue weighted by atomic mass is 19.1. The molecular formula is C9H6FNO3. The highest BCUT2D eigenvalue weighted by Crippen LogP contribution is 2.06. The van der Waals surface area contributed by atoms with Crippen molar-refractivity contribution in [1.29, 1.82) is 0 Å². The molecule has 5 heteroatoms. The number of carboxylic acid groups (broad SMARTS) is 1. The highest BCUT2D eigenvalue weighted by molar-refractivity contribution is 5.85. The largest absolute Gasteiger partial charge is 0.478 e. The topological polar surface area (TPSA) is 67.3 Å². The average molecular weight is 195 g/mol. The minimum atomic E-state index is -1.14. The molecule has 0 unspecified atom stereocenters. The van der Waals surface area contributed by atoms with E-state index in [2.05, 4.69) is 4.98 Å². The Kier molecular flexibility index (Phi) is 3.06. The van der Waals surface area contributed by atoms with Gasteiger partial charge < -0.3 is 5.11 Å². The van der Waals surface area contributed by atoms with E-state index < -0.39 is 11.8 Å². The van der Waals surface area contributed by atoms with Gasteiger partial charge in [-0.3, -0.25) is 9.78 Å². The van der Waals surface area contributed by atoms with Gasteiger partial charge in [-0.1, -0.05) is 0 Å². The number of halogens is 1. The summed E-state index contributed by atoms with van der Waals surface area (Å²) >= 11 is 0. The first-order valence-electron chi connectivity index (χ1n) is 3.65. The van der Waals surface area contributed by atoms with Gasteiger partial charge in [-0.2, -0.15) is 0 Å². The number of rotatable bonds is 3. The van der Waals surface area contributed by atoms with Crippen LogP contribution in [0.3, 0.4) is 0 Å². The number of aromatic nitrogens is 1. The molecule has 0 spiro atoms. The van der Waals surface area contributed by atoms with Crippen LogP contribution in [0.2, 0.25) is 0 Å². The zero-order chi connectivity index (χ0) is 10.6. The number of hydrogen-bond donors (Lipinski definition) is 1. The van der Waals surface area contributed by atoms with Gasteiger partial charge in [0.05, 0.1) is 17.5 Å². The summed E-state index contributed by atoms with van der Waals surface area (Å²) in [7, 11) is 0. The Morgan fingerprint density at radius 2 is 2.29 bits per heavy atom. The fraction of sp³-hybridized carbons (Fsp3) is 0. The molecular weight excluding hydrogens is 189 g/mol. The zero-order valence-electron chi connectivity index (χ0n) is 6.98. The number of nitrogens with zero attached hydrogens (tertiary/aromatic N) is 1. The van der Waals surface area contributed by atoms with E-state index >= 15 is 0 Å². The lowest BCUT2D eigenvalue weighted by molar-refractivity contribution is -0.131. The van der Waals surface area contributed by atoms with Gasteiger partial charge in [-0.25, -0.2) is 9.18 Å². The Hall–Kier alpha value is -2.04. The SMILES string of the molecule is O=Cc1cc(C=CC(=O)O)ncc1F. The number of hydrogen-bond acceptors (Lipinski definition) is 3. The standard InChI is InChI=1S/C9H6FNO3/c10-8-4-11-7(1-2-9(13)14)3-6(8)5-12/h1-5H,(H,13,14). The van der Waals surface area contributed by atoms with E-state index in [1.807, 2.05) is 0 Å². The molecule has 0 amide bonds. The van der Waals surface area contributed by atoms with Crippen molar-refractivity contribution >= 4 is 18.3 Å². The Balaban J connectivity index is 3.01. The van der Waals surface area contributed by atoms with Crippen molar-refractivity contribution < 1.29 is 19.1 Å². The molecule has 0 radical (unpaired) electrons. The van der Waals surface area contributed by atoms with Gasteiger partial charge in [0.15, 0.2) is 12.1 Å². The van der Waals surface area contributed by atoms with Crippen LogP contribution in [0.5, 0.6) is 0 Å². The van der Waals surface area contributed by atoms with Gasteiger partial charge in [0, 0.05) is 6.08 Å². The van der Waals surface area contributed by atoms with Crippen molar-refractivity contribution in [3.8, 4) is 0 Å². The Bertz CT molecular complexity index is 401. The first kappa shape index (κ1) is 10.0. The lowest BCUT2D eigenvalue weighted by Gasteiger charge is -1.95. The maximum absolute atomic E-state index is 12.7. The third-order valence-corrected chi connectivity index (χ3v) is 1.43. The van der Waals surface area contributed by atoms with Crippen molar-refractivity contribution in [3.63, 3.8) is 0 Å². The third-order valence-electron chi connectivity index (χ3n) is 1.43. The Morgan fingerprint density at radius 3 is 2.86 bits per heavy atom. The zero-order valence-corrected chi connectivity index (χ0v) is 6.98. The fourth-order valence-corrected chi connectivity index (χ4v) is 0.809. The van der Waals surface area contributed by atoms with Gasteiger partial charge >= 0.3 is 5.97 Å². The molecule has 0 bridgehead atoms. The molecule has 1 rings (SSSR count). The number of aliphatic carboxylic acids is 1. The molecule has 1 aromatic rings. The minimum absolute atomic E-state index is 0.148. The molecule has 0 aliphatic carbocycles. The summed E-state index contributed by atoms with van der Waals surface area (Å²) in [5.41, 5.74) is 0.0703. The smallest absolute Gasteiger partial charge is 0.328 e. The van der Waals surface area contributed by atoms with Gasteiger partial charge in [-0.05, 0) is 12.1 Å². The predicted molar refractivity (Wildman–Crippen MR) is 46.3 cm³/mol. The van der Waals surface area contributed by atoms with Crippen LogP contribution in [0.25, 0.3) is 6.08 Å². The van der Waals surface area contributed by atoms with Crippen LogP contribution in [0.15, 0.2) is 18.3 Å². The number of carbonyl (C=O) groups is 2. The summed E-state index contributed by atoms with van der Waals surface area (Å²) < 4.78 is 12.7. The summed E-state index contributed by atoms with van der Waals surface area (Å²) in [5, 5.41) is 8.30. The summed E-state index contributed by atoms with van der Waals surface area (Å²) in [6.45, 7) is 0. The molecule has 0 aromatic carbocycles. The summed E-state index contributed by atoms with van der Waals surface area (Å²) in [5.74, 6) is -1.86. The molecule has 0 saturated carbocycles. The van der Waals surface area contributed by atoms with Crippen molar-refractivity contribution in [2.45, 2.75) is 0 Å². The van der Waals surface area contributed by atoms with Crippen molar-refractivity contribution in [2.24, 2.45) is 0 Å².